The Balaban J connectivity index is 1.81. The number of nitrogens with two attached hydrogens (primary N) is 1. The van der Waals surface area contributed by atoms with Crippen molar-refractivity contribution in [3.8, 4) is 0 Å². The highest BCUT2D eigenvalue weighted by Gasteiger charge is 2.27. The lowest BCUT2D eigenvalue weighted by molar-refractivity contribution is 0.248. The molecule has 2 N–H and O–H groups in total. The van der Waals surface area contributed by atoms with E-state index in [0.717, 1.165) is 23.8 Å². The van der Waals surface area contributed by atoms with E-state index in [2.05, 4.69) is 29.2 Å². The number of hydrogen-bond donors (Lipinski definition) is 1. The van der Waals surface area contributed by atoms with Crippen LogP contribution in [0.3, 0.4) is 0 Å². The molecule has 1 heterocycles. The fourth-order valence-electron chi connectivity index (χ4n) is 3.04. The predicted molar refractivity (Wildman–Crippen MR) is 84.7 cm³/mol. The number of anilines is 1. The van der Waals surface area contributed by atoms with Crippen molar-refractivity contribution in [1.29, 1.82) is 0 Å². The van der Waals surface area contributed by atoms with Gasteiger partial charge in [-0.1, -0.05) is 41.9 Å². The lowest BCUT2D eigenvalue weighted by atomic mass is 10.0. The quantitative estimate of drug-likeness (QED) is 0.854. The van der Waals surface area contributed by atoms with E-state index in [1.165, 1.54) is 24.0 Å². The normalized spacial score (nSPS) is 19.4. The lowest BCUT2D eigenvalue weighted by Gasteiger charge is -2.25. The molecule has 0 amide bonds. The van der Waals surface area contributed by atoms with E-state index in [9.17, 15) is 0 Å². The molecule has 0 saturated carbocycles. The summed E-state index contributed by atoms with van der Waals surface area (Å²) < 4.78 is 0. The summed E-state index contributed by atoms with van der Waals surface area (Å²) in [7, 11) is 0. The summed E-state index contributed by atoms with van der Waals surface area (Å²) in [5.41, 5.74) is 9.21. The van der Waals surface area contributed by atoms with Crippen molar-refractivity contribution in [3.05, 3.63) is 64.7 Å². The number of hydrogen-bond acceptors (Lipinski definition) is 2. The van der Waals surface area contributed by atoms with E-state index in [4.69, 9.17) is 17.3 Å². The van der Waals surface area contributed by atoms with Gasteiger partial charge in [-0.05, 0) is 48.7 Å². The van der Waals surface area contributed by atoms with Gasteiger partial charge in [0.15, 0.2) is 0 Å². The minimum Gasteiger partial charge on any atom is -0.399 e. The Morgan fingerprint density at radius 2 is 2.00 bits per heavy atom. The van der Waals surface area contributed by atoms with Gasteiger partial charge in [-0.2, -0.15) is 0 Å². The fourth-order valence-corrected chi connectivity index (χ4v) is 3.30. The maximum absolute atomic E-state index is 6.35. The van der Waals surface area contributed by atoms with Crippen LogP contribution in [-0.2, 0) is 6.54 Å². The highest BCUT2D eigenvalue weighted by molar-refractivity contribution is 6.31. The second-order valence-corrected chi connectivity index (χ2v) is 5.80. The third kappa shape index (κ3) is 2.82. The smallest absolute Gasteiger partial charge is 0.0453 e. The zero-order valence-corrected chi connectivity index (χ0v) is 12.2. The molecule has 1 aliphatic rings. The SMILES string of the molecule is Nc1cccc(CN2CCCC2c2ccccc2Cl)c1. The van der Waals surface area contributed by atoms with Crippen molar-refractivity contribution in [2.75, 3.05) is 12.3 Å². The van der Waals surface area contributed by atoms with Crippen molar-refractivity contribution in [2.24, 2.45) is 0 Å². The predicted octanol–water partition coefficient (Wildman–Crippen LogP) is 4.26. The van der Waals surface area contributed by atoms with Gasteiger partial charge < -0.3 is 5.73 Å². The molecule has 104 valence electrons. The molecule has 1 aliphatic heterocycles. The van der Waals surface area contributed by atoms with E-state index < -0.39 is 0 Å². The number of nitrogen functional groups attached to an aromatic ring is 1. The second kappa shape index (κ2) is 5.86. The molecular weight excluding hydrogens is 268 g/mol. The Kier molecular flexibility index (Phi) is 3.95. The van der Waals surface area contributed by atoms with Gasteiger partial charge in [0.05, 0.1) is 0 Å². The number of likely N-dealkylation sites (tertiary alicyclic amines) is 1. The maximum atomic E-state index is 6.35. The van der Waals surface area contributed by atoms with Crippen molar-refractivity contribution < 1.29 is 0 Å². The van der Waals surface area contributed by atoms with Crippen molar-refractivity contribution in [3.63, 3.8) is 0 Å². The highest BCUT2D eigenvalue weighted by atomic mass is 35.5. The third-order valence-corrected chi connectivity index (χ3v) is 4.31. The second-order valence-electron chi connectivity index (χ2n) is 5.40. The van der Waals surface area contributed by atoms with Gasteiger partial charge in [0.25, 0.3) is 0 Å². The third-order valence-electron chi connectivity index (χ3n) is 3.96. The first kappa shape index (κ1) is 13.5. The largest absolute Gasteiger partial charge is 0.399 e. The topological polar surface area (TPSA) is 29.3 Å². The van der Waals surface area contributed by atoms with Crippen LogP contribution in [0.1, 0.15) is 30.0 Å². The molecule has 0 aliphatic carbocycles. The summed E-state index contributed by atoms with van der Waals surface area (Å²) in [5, 5.41) is 0.872. The average molecular weight is 287 g/mol. The molecule has 1 saturated heterocycles. The summed E-state index contributed by atoms with van der Waals surface area (Å²) in [6.45, 7) is 2.05. The summed E-state index contributed by atoms with van der Waals surface area (Å²) in [4.78, 5) is 2.50. The molecule has 2 aromatic rings. The average Bonchev–Trinajstić information content (AvgIpc) is 2.87. The van der Waals surface area contributed by atoms with E-state index in [0.29, 0.717) is 6.04 Å². The number of benzene rings is 2. The van der Waals surface area contributed by atoms with Gasteiger partial charge in [0.2, 0.25) is 0 Å². The van der Waals surface area contributed by atoms with Gasteiger partial charge >= 0.3 is 0 Å². The molecule has 3 rings (SSSR count). The first-order valence-corrected chi connectivity index (χ1v) is 7.45. The first-order valence-electron chi connectivity index (χ1n) is 7.07. The number of halogens is 1. The lowest BCUT2D eigenvalue weighted by Crippen LogP contribution is -2.23. The van der Waals surface area contributed by atoms with Crippen molar-refractivity contribution in [1.82, 2.24) is 4.90 Å². The van der Waals surface area contributed by atoms with Gasteiger partial charge in [-0.15, -0.1) is 0 Å². The van der Waals surface area contributed by atoms with Crippen LogP contribution in [0.4, 0.5) is 5.69 Å². The van der Waals surface area contributed by atoms with E-state index >= 15 is 0 Å². The van der Waals surface area contributed by atoms with Crippen LogP contribution in [0.25, 0.3) is 0 Å². The molecular formula is C17H19ClN2. The van der Waals surface area contributed by atoms with Crippen LogP contribution in [0.15, 0.2) is 48.5 Å². The number of nitrogens with zero attached hydrogens (tertiary/aromatic N) is 1. The first-order chi connectivity index (χ1) is 9.74. The molecule has 1 atom stereocenters. The molecule has 1 unspecified atom stereocenters. The van der Waals surface area contributed by atoms with E-state index in [1.807, 2.05) is 24.3 Å². The Morgan fingerprint density at radius 1 is 1.15 bits per heavy atom. The minimum atomic E-state index is 0.421. The Labute approximate surface area is 125 Å². The molecule has 20 heavy (non-hydrogen) atoms. The Morgan fingerprint density at radius 3 is 2.80 bits per heavy atom. The molecule has 0 bridgehead atoms. The van der Waals surface area contributed by atoms with Crippen LogP contribution >= 0.6 is 11.6 Å². The molecule has 0 aromatic heterocycles. The minimum absolute atomic E-state index is 0.421. The van der Waals surface area contributed by atoms with E-state index in [-0.39, 0.29) is 0 Å². The van der Waals surface area contributed by atoms with Crippen LogP contribution < -0.4 is 5.73 Å². The van der Waals surface area contributed by atoms with Crippen molar-refractivity contribution >= 4 is 17.3 Å². The standard InChI is InChI=1S/C17H19ClN2/c18-16-8-2-1-7-15(16)17-9-4-10-20(17)12-13-5-3-6-14(19)11-13/h1-3,5-8,11,17H,4,9-10,12,19H2. The molecule has 2 aromatic carbocycles. The van der Waals surface area contributed by atoms with E-state index in [1.54, 1.807) is 0 Å². The van der Waals surface area contributed by atoms with Gasteiger partial charge in [0, 0.05) is 23.3 Å². The van der Waals surface area contributed by atoms with Gasteiger partial charge in [0.1, 0.15) is 0 Å². The highest BCUT2D eigenvalue weighted by Crippen LogP contribution is 2.36. The van der Waals surface area contributed by atoms with Gasteiger partial charge in [-0.25, -0.2) is 0 Å². The number of rotatable bonds is 3. The summed E-state index contributed by atoms with van der Waals surface area (Å²) >= 11 is 6.35. The summed E-state index contributed by atoms with van der Waals surface area (Å²) in [6, 6.07) is 16.7. The van der Waals surface area contributed by atoms with Crippen molar-refractivity contribution in [2.45, 2.75) is 25.4 Å². The summed E-state index contributed by atoms with van der Waals surface area (Å²) in [5.74, 6) is 0. The molecule has 0 spiro atoms. The van der Waals surface area contributed by atoms with Crippen LogP contribution in [0.5, 0.6) is 0 Å². The zero-order chi connectivity index (χ0) is 13.9. The van der Waals surface area contributed by atoms with Crippen LogP contribution in [-0.4, -0.2) is 11.4 Å². The monoisotopic (exact) mass is 286 g/mol. The Bertz CT molecular complexity index is 597. The zero-order valence-electron chi connectivity index (χ0n) is 11.4. The molecule has 0 radical (unpaired) electrons. The van der Waals surface area contributed by atoms with Crippen LogP contribution in [0, 0.1) is 0 Å². The molecule has 1 fully saturated rings. The van der Waals surface area contributed by atoms with Crippen LogP contribution in [0.2, 0.25) is 5.02 Å². The maximum Gasteiger partial charge on any atom is 0.0453 e. The molecule has 3 heteroatoms. The fraction of sp³-hybridized carbons (Fsp3) is 0.294. The Hall–Kier alpha value is -1.51. The molecule has 2 nitrogen and oxygen atoms in total. The summed E-state index contributed by atoms with van der Waals surface area (Å²) in [6.07, 6.45) is 2.39. The van der Waals surface area contributed by atoms with Gasteiger partial charge in [-0.3, -0.25) is 4.90 Å².